The number of methoxy groups -OCH3 is 1. The molecule has 2 aliphatic rings. The first-order valence-corrected chi connectivity index (χ1v) is 10.7. The van der Waals surface area contributed by atoms with E-state index in [0.717, 1.165) is 43.6 Å². The Morgan fingerprint density at radius 2 is 1.81 bits per heavy atom. The maximum Gasteiger partial charge on any atom is 0.262 e. The molecule has 0 bridgehead atoms. The number of nitrogens with one attached hydrogen (secondary N) is 1. The fourth-order valence-electron chi connectivity index (χ4n) is 3.71. The fraction of sp³-hybridized carbons (Fsp3) is 0.400. The zero-order valence-corrected chi connectivity index (χ0v) is 16.2. The molecule has 27 heavy (non-hydrogen) atoms. The van der Waals surface area contributed by atoms with Crippen LogP contribution in [0.1, 0.15) is 17.5 Å². The topological polar surface area (TPSA) is 67.9 Å². The van der Waals surface area contributed by atoms with E-state index in [2.05, 4.69) is 9.62 Å². The molecule has 144 valence electrons. The fourth-order valence-corrected chi connectivity index (χ4v) is 4.82. The van der Waals surface area contributed by atoms with Crippen molar-refractivity contribution in [2.45, 2.75) is 24.2 Å². The Bertz CT molecular complexity index is 937. The molecule has 1 saturated heterocycles. The SMILES string of the molecule is COc1ccc(N2CCOCC2)cc1NS(=O)(=O)c1ccc2c(c1)CCC2. The van der Waals surface area contributed by atoms with E-state index in [1.54, 1.807) is 18.2 Å². The van der Waals surface area contributed by atoms with E-state index in [1.165, 1.54) is 12.7 Å². The quantitative estimate of drug-likeness (QED) is 0.853. The van der Waals surface area contributed by atoms with Crippen LogP contribution in [0.2, 0.25) is 0 Å². The number of sulfonamides is 1. The number of hydrogen-bond donors (Lipinski definition) is 1. The van der Waals surface area contributed by atoms with Gasteiger partial charge in [-0.3, -0.25) is 4.72 Å². The first kappa shape index (κ1) is 18.1. The minimum atomic E-state index is -3.69. The lowest BCUT2D eigenvalue weighted by atomic mass is 10.1. The maximum absolute atomic E-state index is 13.0. The lowest BCUT2D eigenvalue weighted by Gasteiger charge is -2.29. The number of anilines is 2. The molecular weight excluding hydrogens is 364 g/mol. The summed E-state index contributed by atoms with van der Waals surface area (Å²) in [5.41, 5.74) is 3.78. The van der Waals surface area contributed by atoms with Crippen LogP contribution in [-0.4, -0.2) is 41.8 Å². The molecular formula is C20H24N2O4S. The van der Waals surface area contributed by atoms with Crippen LogP contribution < -0.4 is 14.4 Å². The average Bonchev–Trinajstić information content (AvgIpc) is 3.16. The number of hydrogen-bond acceptors (Lipinski definition) is 5. The predicted molar refractivity (Wildman–Crippen MR) is 105 cm³/mol. The van der Waals surface area contributed by atoms with Crippen molar-refractivity contribution in [2.24, 2.45) is 0 Å². The molecule has 1 fully saturated rings. The van der Waals surface area contributed by atoms with Crippen LogP contribution in [-0.2, 0) is 27.6 Å². The van der Waals surface area contributed by atoms with E-state index in [4.69, 9.17) is 9.47 Å². The van der Waals surface area contributed by atoms with Gasteiger partial charge in [0.1, 0.15) is 5.75 Å². The number of fused-ring (bicyclic) bond motifs is 1. The summed E-state index contributed by atoms with van der Waals surface area (Å²) in [4.78, 5) is 2.47. The van der Waals surface area contributed by atoms with Crippen molar-refractivity contribution in [3.05, 3.63) is 47.5 Å². The van der Waals surface area contributed by atoms with Gasteiger partial charge in [-0.15, -0.1) is 0 Å². The minimum absolute atomic E-state index is 0.293. The van der Waals surface area contributed by atoms with Crippen molar-refractivity contribution in [1.29, 1.82) is 0 Å². The zero-order valence-electron chi connectivity index (χ0n) is 15.4. The highest BCUT2D eigenvalue weighted by Crippen LogP contribution is 2.32. The van der Waals surface area contributed by atoms with Gasteiger partial charge in [0.05, 0.1) is 30.9 Å². The lowest BCUT2D eigenvalue weighted by Crippen LogP contribution is -2.36. The van der Waals surface area contributed by atoms with Gasteiger partial charge < -0.3 is 14.4 Å². The summed E-state index contributed by atoms with van der Waals surface area (Å²) >= 11 is 0. The molecule has 0 amide bonds. The standard InChI is InChI=1S/C20H24N2O4S/c1-25-20-8-6-17(22-9-11-26-12-10-22)14-19(20)21-27(23,24)18-7-5-15-3-2-4-16(15)13-18/h5-8,13-14,21H,2-4,9-12H2,1H3. The highest BCUT2D eigenvalue weighted by Gasteiger charge is 2.21. The lowest BCUT2D eigenvalue weighted by molar-refractivity contribution is 0.122. The number of ether oxygens (including phenoxy) is 2. The van der Waals surface area contributed by atoms with E-state index in [0.29, 0.717) is 29.5 Å². The largest absolute Gasteiger partial charge is 0.495 e. The van der Waals surface area contributed by atoms with Gasteiger partial charge in [0, 0.05) is 18.8 Å². The third-order valence-corrected chi connectivity index (χ3v) is 6.55. The number of aryl methyl sites for hydroxylation is 2. The Kier molecular flexibility index (Phi) is 4.97. The van der Waals surface area contributed by atoms with E-state index < -0.39 is 10.0 Å². The molecule has 1 aliphatic carbocycles. The number of morpholine rings is 1. The molecule has 0 aromatic heterocycles. The van der Waals surface area contributed by atoms with Gasteiger partial charge in [-0.2, -0.15) is 0 Å². The average molecular weight is 388 g/mol. The molecule has 2 aromatic rings. The van der Waals surface area contributed by atoms with Crippen LogP contribution in [0, 0.1) is 0 Å². The molecule has 0 radical (unpaired) electrons. The summed E-state index contributed by atoms with van der Waals surface area (Å²) in [7, 11) is -2.15. The van der Waals surface area contributed by atoms with Crippen LogP contribution in [0.5, 0.6) is 5.75 Å². The number of benzene rings is 2. The maximum atomic E-state index is 13.0. The zero-order chi connectivity index (χ0) is 18.9. The molecule has 0 spiro atoms. The highest BCUT2D eigenvalue weighted by atomic mass is 32.2. The summed E-state index contributed by atoms with van der Waals surface area (Å²) in [6.07, 6.45) is 3.05. The van der Waals surface area contributed by atoms with Gasteiger partial charge >= 0.3 is 0 Å². The Morgan fingerprint density at radius 1 is 1.04 bits per heavy atom. The Morgan fingerprint density at radius 3 is 2.59 bits per heavy atom. The monoisotopic (exact) mass is 388 g/mol. The van der Waals surface area contributed by atoms with Crippen molar-refractivity contribution < 1.29 is 17.9 Å². The molecule has 1 aliphatic heterocycles. The van der Waals surface area contributed by atoms with Crippen LogP contribution in [0.15, 0.2) is 41.3 Å². The second-order valence-electron chi connectivity index (χ2n) is 6.87. The second kappa shape index (κ2) is 7.40. The summed E-state index contributed by atoms with van der Waals surface area (Å²) in [5, 5.41) is 0. The summed E-state index contributed by atoms with van der Waals surface area (Å²) < 4.78 is 39.4. The highest BCUT2D eigenvalue weighted by molar-refractivity contribution is 7.92. The molecule has 0 atom stereocenters. The van der Waals surface area contributed by atoms with Crippen molar-refractivity contribution in [3.8, 4) is 5.75 Å². The Labute approximate surface area is 160 Å². The van der Waals surface area contributed by atoms with Gasteiger partial charge in [-0.25, -0.2) is 8.42 Å². The van der Waals surface area contributed by atoms with Crippen molar-refractivity contribution in [1.82, 2.24) is 0 Å². The van der Waals surface area contributed by atoms with Crippen LogP contribution >= 0.6 is 0 Å². The normalized spacial score (nSPS) is 16.9. The molecule has 7 heteroatoms. The molecule has 0 unspecified atom stereocenters. The second-order valence-corrected chi connectivity index (χ2v) is 8.56. The van der Waals surface area contributed by atoms with Gasteiger partial charge in [0.25, 0.3) is 10.0 Å². The van der Waals surface area contributed by atoms with Crippen LogP contribution in [0.3, 0.4) is 0 Å². The van der Waals surface area contributed by atoms with Crippen molar-refractivity contribution in [2.75, 3.05) is 43.0 Å². The smallest absolute Gasteiger partial charge is 0.262 e. The molecule has 4 rings (SSSR count). The first-order valence-electron chi connectivity index (χ1n) is 9.22. The van der Waals surface area contributed by atoms with Crippen LogP contribution in [0.25, 0.3) is 0 Å². The summed E-state index contributed by atoms with van der Waals surface area (Å²) in [6, 6.07) is 11.0. The predicted octanol–water partition coefficient (Wildman–Crippen LogP) is 2.82. The van der Waals surface area contributed by atoms with Gasteiger partial charge in [0.2, 0.25) is 0 Å². The number of nitrogens with zero attached hydrogens (tertiary/aromatic N) is 1. The molecule has 1 N–H and O–H groups in total. The van der Waals surface area contributed by atoms with Crippen molar-refractivity contribution >= 4 is 21.4 Å². The van der Waals surface area contributed by atoms with Crippen molar-refractivity contribution in [3.63, 3.8) is 0 Å². The molecule has 1 heterocycles. The van der Waals surface area contributed by atoms with E-state index >= 15 is 0 Å². The van der Waals surface area contributed by atoms with Crippen LogP contribution in [0.4, 0.5) is 11.4 Å². The molecule has 2 aromatic carbocycles. The van der Waals surface area contributed by atoms with E-state index in [1.807, 2.05) is 18.2 Å². The minimum Gasteiger partial charge on any atom is -0.495 e. The summed E-state index contributed by atoms with van der Waals surface area (Å²) in [5.74, 6) is 0.497. The molecule has 6 nitrogen and oxygen atoms in total. The Balaban J connectivity index is 1.63. The third kappa shape index (κ3) is 3.75. The van der Waals surface area contributed by atoms with E-state index in [9.17, 15) is 8.42 Å². The molecule has 0 saturated carbocycles. The summed E-state index contributed by atoms with van der Waals surface area (Å²) in [6.45, 7) is 2.90. The van der Waals surface area contributed by atoms with Gasteiger partial charge in [-0.05, 0) is 60.7 Å². The van der Waals surface area contributed by atoms with E-state index in [-0.39, 0.29) is 0 Å². The Hall–Kier alpha value is -2.25. The van der Waals surface area contributed by atoms with Gasteiger partial charge in [0.15, 0.2) is 0 Å². The third-order valence-electron chi connectivity index (χ3n) is 5.18. The number of rotatable bonds is 5. The van der Waals surface area contributed by atoms with Gasteiger partial charge in [-0.1, -0.05) is 6.07 Å². The first-order chi connectivity index (χ1) is 13.1.